The van der Waals surface area contributed by atoms with Gasteiger partial charge in [0.1, 0.15) is 5.75 Å². The SMILES string of the molecule is CCCCc1c(C(=O)c2ccc(OCCCN(CCCC)CCCC)cc2)n(C)c2ccc(N)cc12. The van der Waals surface area contributed by atoms with E-state index in [2.05, 4.69) is 25.7 Å². The van der Waals surface area contributed by atoms with Crippen LogP contribution < -0.4 is 10.5 Å². The van der Waals surface area contributed by atoms with Crippen molar-refractivity contribution < 1.29 is 9.53 Å². The van der Waals surface area contributed by atoms with Gasteiger partial charge in [-0.05, 0) is 93.2 Å². The number of ether oxygens (including phenoxy) is 1. The van der Waals surface area contributed by atoms with E-state index >= 15 is 0 Å². The second kappa shape index (κ2) is 14.1. The Hall–Kier alpha value is -2.79. The Morgan fingerprint density at radius 3 is 2.17 bits per heavy atom. The number of fused-ring (bicyclic) bond motifs is 1. The number of hydrogen-bond donors (Lipinski definition) is 1. The highest BCUT2D eigenvalue weighted by atomic mass is 16.5. The lowest BCUT2D eigenvalue weighted by Crippen LogP contribution is -2.28. The molecule has 3 rings (SSSR count). The largest absolute Gasteiger partial charge is 0.494 e. The Balaban J connectivity index is 1.66. The van der Waals surface area contributed by atoms with Gasteiger partial charge in [-0.2, -0.15) is 0 Å². The van der Waals surface area contributed by atoms with Crippen molar-refractivity contribution in [3.63, 3.8) is 0 Å². The molecular formula is C31H45N3O2. The van der Waals surface area contributed by atoms with Crippen molar-refractivity contribution in [2.75, 3.05) is 32.0 Å². The number of ketones is 1. The summed E-state index contributed by atoms with van der Waals surface area (Å²) in [6, 6.07) is 13.5. The van der Waals surface area contributed by atoms with Gasteiger partial charge in [0, 0.05) is 35.7 Å². The van der Waals surface area contributed by atoms with Crippen LogP contribution in [0.15, 0.2) is 42.5 Å². The highest BCUT2D eigenvalue weighted by Crippen LogP contribution is 2.30. The van der Waals surface area contributed by atoms with Crippen LogP contribution in [0, 0.1) is 0 Å². The Morgan fingerprint density at radius 2 is 1.53 bits per heavy atom. The lowest BCUT2D eigenvalue weighted by molar-refractivity contribution is 0.103. The maximum Gasteiger partial charge on any atom is 0.209 e. The molecule has 0 amide bonds. The first-order valence-corrected chi connectivity index (χ1v) is 13.9. The van der Waals surface area contributed by atoms with Gasteiger partial charge in [0.15, 0.2) is 0 Å². The molecular weight excluding hydrogens is 446 g/mol. The van der Waals surface area contributed by atoms with Crippen LogP contribution in [0.1, 0.15) is 87.3 Å². The van der Waals surface area contributed by atoms with E-state index in [4.69, 9.17) is 10.5 Å². The van der Waals surface area contributed by atoms with E-state index in [0.717, 1.165) is 65.8 Å². The number of carbonyl (C=O) groups is 1. The number of nitrogen functional groups attached to an aromatic ring is 1. The molecule has 0 radical (unpaired) electrons. The molecule has 2 aromatic carbocycles. The van der Waals surface area contributed by atoms with Crippen LogP contribution in [0.5, 0.6) is 5.75 Å². The molecule has 1 heterocycles. The fraction of sp³-hybridized carbons (Fsp3) is 0.516. The van der Waals surface area contributed by atoms with Gasteiger partial charge in [0.05, 0.1) is 12.3 Å². The molecule has 5 nitrogen and oxygen atoms in total. The molecule has 0 unspecified atom stereocenters. The summed E-state index contributed by atoms with van der Waals surface area (Å²) >= 11 is 0. The van der Waals surface area contributed by atoms with Crippen molar-refractivity contribution in [3.05, 3.63) is 59.3 Å². The molecule has 0 aliphatic carbocycles. The van der Waals surface area contributed by atoms with Gasteiger partial charge < -0.3 is 19.9 Å². The van der Waals surface area contributed by atoms with E-state index < -0.39 is 0 Å². The summed E-state index contributed by atoms with van der Waals surface area (Å²) < 4.78 is 8.03. The molecule has 3 aromatic rings. The number of carbonyl (C=O) groups excluding carboxylic acids is 1. The third-order valence-corrected chi connectivity index (χ3v) is 6.98. The first-order chi connectivity index (χ1) is 17.5. The molecule has 36 heavy (non-hydrogen) atoms. The van der Waals surface area contributed by atoms with E-state index in [1.54, 1.807) is 0 Å². The minimum atomic E-state index is 0.0485. The third kappa shape index (κ3) is 7.13. The number of aromatic nitrogens is 1. The number of aryl methyl sites for hydroxylation is 2. The minimum Gasteiger partial charge on any atom is -0.494 e. The predicted molar refractivity (Wildman–Crippen MR) is 152 cm³/mol. The molecule has 0 bridgehead atoms. The molecule has 1 aromatic heterocycles. The zero-order valence-corrected chi connectivity index (χ0v) is 22.8. The third-order valence-electron chi connectivity index (χ3n) is 6.98. The standard InChI is InChI=1S/C31H45N3O2/c1-5-8-12-27-28-23-25(32)15-18-29(28)33(4)30(27)31(35)24-13-16-26(17-14-24)36-22-11-21-34(19-9-6-2)20-10-7-3/h13-18,23H,5-12,19-22,32H2,1-4H3. The van der Waals surface area contributed by atoms with Crippen LogP contribution >= 0.6 is 0 Å². The van der Waals surface area contributed by atoms with Crippen molar-refractivity contribution in [1.29, 1.82) is 0 Å². The zero-order chi connectivity index (χ0) is 25.9. The number of unbranched alkanes of at least 4 members (excludes halogenated alkanes) is 3. The predicted octanol–water partition coefficient (Wildman–Crippen LogP) is 7.01. The zero-order valence-electron chi connectivity index (χ0n) is 22.8. The molecule has 0 atom stereocenters. The number of rotatable bonds is 16. The van der Waals surface area contributed by atoms with Crippen molar-refractivity contribution in [2.45, 2.75) is 72.1 Å². The van der Waals surface area contributed by atoms with Gasteiger partial charge in [-0.1, -0.05) is 40.0 Å². The molecule has 0 saturated carbocycles. The van der Waals surface area contributed by atoms with E-state index in [-0.39, 0.29) is 5.78 Å². The monoisotopic (exact) mass is 491 g/mol. The van der Waals surface area contributed by atoms with Crippen LogP contribution in [0.4, 0.5) is 5.69 Å². The van der Waals surface area contributed by atoms with Crippen molar-refractivity contribution >= 4 is 22.4 Å². The summed E-state index contributed by atoms with van der Waals surface area (Å²) in [5.74, 6) is 0.864. The Morgan fingerprint density at radius 1 is 0.889 bits per heavy atom. The highest BCUT2D eigenvalue weighted by molar-refractivity contribution is 6.12. The number of benzene rings is 2. The Bertz CT molecular complexity index is 1090. The summed E-state index contributed by atoms with van der Waals surface area (Å²) in [6.45, 7) is 10.8. The van der Waals surface area contributed by atoms with E-state index in [1.807, 2.05) is 54.1 Å². The van der Waals surface area contributed by atoms with E-state index in [0.29, 0.717) is 12.2 Å². The van der Waals surface area contributed by atoms with Crippen molar-refractivity contribution in [3.8, 4) is 5.75 Å². The van der Waals surface area contributed by atoms with E-state index in [9.17, 15) is 4.79 Å². The summed E-state index contributed by atoms with van der Waals surface area (Å²) in [5, 5.41) is 1.08. The van der Waals surface area contributed by atoms with Crippen LogP contribution in [0.25, 0.3) is 10.9 Å². The molecule has 0 saturated heterocycles. The van der Waals surface area contributed by atoms with Crippen LogP contribution in [-0.4, -0.2) is 41.5 Å². The highest BCUT2D eigenvalue weighted by Gasteiger charge is 2.22. The first-order valence-electron chi connectivity index (χ1n) is 13.9. The number of hydrogen-bond acceptors (Lipinski definition) is 4. The fourth-order valence-corrected chi connectivity index (χ4v) is 4.85. The quantitative estimate of drug-likeness (QED) is 0.133. The maximum absolute atomic E-state index is 13.6. The van der Waals surface area contributed by atoms with Crippen LogP contribution in [0.3, 0.4) is 0 Å². The van der Waals surface area contributed by atoms with Gasteiger partial charge in [0.25, 0.3) is 0 Å². The second-order valence-corrected chi connectivity index (χ2v) is 9.87. The van der Waals surface area contributed by atoms with E-state index in [1.165, 1.54) is 38.8 Å². The normalized spacial score (nSPS) is 11.5. The first kappa shape index (κ1) is 27.8. The van der Waals surface area contributed by atoms with Gasteiger partial charge in [-0.3, -0.25) is 4.79 Å². The summed E-state index contributed by atoms with van der Waals surface area (Å²) in [7, 11) is 1.98. The summed E-state index contributed by atoms with van der Waals surface area (Å²) in [6.07, 6.45) is 8.96. The average molecular weight is 492 g/mol. The Kier molecular flexibility index (Phi) is 10.9. The van der Waals surface area contributed by atoms with Gasteiger partial charge in [-0.25, -0.2) is 0 Å². The molecule has 5 heteroatoms. The lowest BCUT2D eigenvalue weighted by atomic mass is 9.99. The topological polar surface area (TPSA) is 60.5 Å². The fourth-order valence-electron chi connectivity index (χ4n) is 4.85. The van der Waals surface area contributed by atoms with Crippen molar-refractivity contribution in [1.82, 2.24) is 9.47 Å². The van der Waals surface area contributed by atoms with Crippen molar-refractivity contribution in [2.24, 2.45) is 7.05 Å². The smallest absolute Gasteiger partial charge is 0.209 e. The summed E-state index contributed by atoms with van der Waals surface area (Å²) in [4.78, 5) is 16.2. The molecule has 2 N–H and O–H groups in total. The number of nitrogens with two attached hydrogens (primary N) is 1. The lowest BCUT2D eigenvalue weighted by Gasteiger charge is -2.21. The summed E-state index contributed by atoms with van der Waals surface area (Å²) in [5.41, 5.74) is 10.4. The molecule has 0 spiro atoms. The second-order valence-electron chi connectivity index (χ2n) is 9.87. The van der Waals surface area contributed by atoms with Gasteiger partial charge in [-0.15, -0.1) is 0 Å². The van der Waals surface area contributed by atoms with Crippen LogP contribution in [-0.2, 0) is 13.5 Å². The van der Waals surface area contributed by atoms with Gasteiger partial charge in [0.2, 0.25) is 5.78 Å². The molecule has 0 aliphatic heterocycles. The average Bonchev–Trinajstić information content (AvgIpc) is 3.16. The molecule has 0 fully saturated rings. The maximum atomic E-state index is 13.6. The van der Waals surface area contributed by atoms with Crippen LogP contribution in [0.2, 0.25) is 0 Å². The minimum absolute atomic E-state index is 0.0485. The Labute approximate surface area is 217 Å². The number of nitrogens with zero attached hydrogens (tertiary/aromatic N) is 2. The molecule has 196 valence electrons. The molecule has 0 aliphatic rings. The number of anilines is 1. The van der Waals surface area contributed by atoms with Gasteiger partial charge >= 0.3 is 0 Å².